The van der Waals surface area contributed by atoms with E-state index >= 15 is 0 Å². The van der Waals surface area contributed by atoms with Gasteiger partial charge in [0.25, 0.3) is 0 Å². The van der Waals surface area contributed by atoms with Crippen LogP contribution in [0.5, 0.6) is 0 Å². The summed E-state index contributed by atoms with van der Waals surface area (Å²) in [5.74, 6) is 0.800. The monoisotopic (exact) mass is 238 g/mol. The minimum Gasteiger partial charge on any atom is -0.326 e. The summed E-state index contributed by atoms with van der Waals surface area (Å²) in [6.07, 6.45) is 11.0. The van der Waals surface area contributed by atoms with Gasteiger partial charge in [0, 0.05) is 11.6 Å². The maximum absolute atomic E-state index is 6.73. The van der Waals surface area contributed by atoms with E-state index in [4.69, 9.17) is 5.73 Å². The van der Waals surface area contributed by atoms with Crippen molar-refractivity contribution >= 4 is 0 Å². The zero-order valence-corrected chi connectivity index (χ0v) is 11.8. The highest BCUT2D eigenvalue weighted by Gasteiger charge is 2.46. The van der Waals surface area contributed by atoms with Crippen molar-refractivity contribution in [1.82, 2.24) is 4.90 Å². The van der Waals surface area contributed by atoms with Crippen molar-refractivity contribution in [2.45, 2.75) is 76.8 Å². The van der Waals surface area contributed by atoms with Gasteiger partial charge in [-0.2, -0.15) is 0 Å². The normalized spacial score (nSPS) is 26.8. The SMILES string of the molecule is CCN(CC)C1(C(N)C2CCCC2)CCCC1. The second kappa shape index (κ2) is 5.71. The first-order chi connectivity index (χ1) is 8.24. The van der Waals surface area contributed by atoms with Crippen LogP contribution < -0.4 is 5.73 Å². The van der Waals surface area contributed by atoms with Gasteiger partial charge in [0.2, 0.25) is 0 Å². The summed E-state index contributed by atoms with van der Waals surface area (Å²) in [6, 6.07) is 0.424. The van der Waals surface area contributed by atoms with Gasteiger partial charge in [0.05, 0.1) is 0 Å². The lowest BCUT2D eigenvalue weighted by atomic mass is 9.78. The number of nitrogens with two attached hydrogens (primary N) is 1. The second-order valence-electron chi connectivity index (χ2n) is 6.05. The summed E-state index contributed by atoms with van der Waals surface area (Å²) in [4.78, 5) is 2.67. The molecule has 2 aliphatic carbocycles. The molecule has 0 bridgehead atoms. The molecule has 0 radical (unpaired) electrons. The van der Waals surface area contributed by atoms with E-state index < -0.39 is 0 Å². The van der Waals surface area contributed by atoms with Gasteiger partial charge < -0.3 is 5.73 Å². The van der Waals surface area contributed by atoms with Gasteiger partial charge in [-0.3, -0.25) is 4.90 Å². The molecule has 0 aromatic heterocycles. The predicted octanol–water partition coefficient (Wildman–Crippen LogP) is 3.16. The predicted molar refractivity (Wildman–Crippen MR) is 74.1 cm³/mol. The van der Waals surface area contributed by atoms with Gasteiger partial charge in [-0.1, -0.05) is 39.5 Å². The molecule has 2 rings (SSSR count). The zero-order valence-electron chi connectivity index (χ0n) is 11.8. The van der Waals surface area contributed by atoms with Gasteiger partial charge in [-0.05, 0) is 44.7 Å². The lowest BCUT2D eigenvalue weighted by molar-refractivity contribution is 0.0561. The third-order valence-electron chi connectivity index (χ3n) is 5.39. The Morgan fingerprint density at radius 1 is 1.06 bits per heavy atom. The van der Waals surface area contributed by atoms with E-state index in [-0.39, 0.29) is 0 Å². The minimum absolute atomic E-state index is 0.346. The Labute approximate surface area is 107 Å². The second-order valence-corrected chi connectivity index (χ2v) is 6.05. The lowest BCUT2D eigenvalue weighted by Gasteiger charge is -2.47. The molecule has 1 unspecified atom stereocenters. The Bertz CT molecular complexity index is 223. The van der Waals surface area contributed by atoms with Crippen LogP contribution in [0.2, 0.25) is 0 Å². The molecular formula is C15H30N2. The molecule has 17 heavy (non-hydrogen) atoms. The summed E-state index contributed by atoms with van der Waals surface area (Å²) in [5.41, 5.74) is 7.08. The first-order valence-corrected chi connectivity index (χ1v) is 7.75. The van der Waals surface area contributed by atoms with Crippen LogP contribution in [0.4, 0.5) is 0 Å². The molecule has 0 heterocycles. The number of likely N-dealkylation sites (N-methyl/N-ethyl adjacent to an activating group) is 1. The van der Waals surface area contributed by atoms with Crippen LogP contribution in [0.1, 0.15) is 65.2 Å². The smallest absolute Gasteiger partial charge is 0.0362 e. The van der Waals surface area contributed by atoms with Crippen molar-refractivity contribution in [2.24, 2.45) is 11.7 Å². The van der Waals surface area contributed by atoms with E-state index in [2.05, 4.69) is 18.7 Å². The Kier molecular flexibility index (Phi) is 4.48. The van der Waals surface area contributed by atoms with E-state index in [9.17, 15) is 0 Å². The Balaban J connectivity index is 2.14. The Morgan fingerprint density at radius 2 is 1.59 bits per heavy atom. The van der Waals surface area contributed by atoms with Crippen LogP contribution >= 0.6 is 0 Å². The summed E-state index contributed by atoms with van der Waals surface area (Å²) < 4.78 is 0. The molecule has 2 aliphatic rings. The fourth-order valence-electron chi connectivity index (χ4n) is 4.46. The van der Waals surface area contributed by atoms with Crippen LogP contribution in [0, 0.1) is 5.92 Å². The minimum atomic E-state index is 0.346. The summed E-state index contributed by atoms with van der Waals surface area (Å²) >= 11 is 0. The van der Waals surface area contributed by atoms with E-state index in [0.717, 1.165) is 19.0 Å². The maximum Gasteiger partial charge on any atom is 0.0362 e. The number of hydrogen-bond donors (Lipinski definition) is 1. The Hall–Kier alpha value is -0.0800. The molecule has 0 spiro atoms. The zero-order chi connectivity index (χ0) is 12.3. The van der Waals surface area contributed by atoms with Crippen molar-refractivity contribution in [1.29, 1.82) is 0 Å². The largest absolute Gasteiger partial charge is 0.326 e. The maximum atomic E-state index is 6.73. The Morgan fingerprint density at radius 3 is 2.06 bits per heavy atom. The van der Waals surface area contributed by atoms with Crippen LogP contribution in [0.15, 0.2) is 0 Å². The molecular weight excluding hydrogens is 208 g/mol. The summed E-state index contributed by atoms with van der Waals surface area (Å²) in [5, 5.41) is 0. The van der Waals surface area contributed by atoms with Crippen LogP contribution in [0.3, 0.4) is 0 Å². The molecule has 1 atom stereocenters. The van der Waals surface area contributed by atoms with Crippen molar-refractivity contribution in [3.05, 3.63) is 0 Å². The molecule has 0 saturated heterocycles. The van der Waals surface area contributed by atoms with Gasteiger partial charge in [-0.25, -0.2) is 0 Å². The number of nitrogens with zero attached hydrogens (tertiary/aromatic N) is 1. The van der Waals surface area contributed by atoms with Crippen molar-refractivity contribution in [3.8, 4) is 0 Å². The molecule has 0 amide bonds. The molecule has 2 saturated carbocycles. The quantitative estimate of drug-likeness (QED) is 0.797. The molecule has 2 N–H and O–H groups in total. The third-order valence-corrected chi connectivity index (χ3v) is 5.39. The fraction of sp³-hybridized carbons (Fsp3) is 1.00. The standard InChI is InChI=1S/C15H30N2/c1-3-17(4-2)15(11-7-8-12-15)14(16)13-9-5-6-10-13/h13-14H,3-12,16H2,1-2H3. The molecule has 2 fully saturated rings. The highest BCUT2D eigenvalue weighted by Crippen LogP contribution is 2.42. The third kappa shape index (κ3) is 2.39. The summed E-state index contributed by atoms with van der Waals surface area (Å²) in [7, 11) is 0. The fourth-order valence-corrected chi connectivity index (χ4v) is 4.46. The summed E-state index contributed by atoms with van der Waals surface area (Å²) in [6.45, 7) is 6.92. The number of rotatable bonds is 5. The molecule has 0 aromatic rings. The van der Waals surface area contributed by atoms with Crippen molar-refractivity contribution < 1.29 is 0 Å². The highest BCUT2D eigenvalue weighted by atomic mass is 15.2. The first-order valence-electron chi connectivity index (χ1n) is 7.75. The molecule has 2 heteroatoms. The molecule has 2 nitrogen and oxygen atoms in total. The van der Waals surface area contributed by atoms with Gasteiger partial charge >= 0.3 is 0 Å². The lowest BCUT2D eigenvalue weighted by Crippen LogP contribution is -2.60. The average molecular weight is 238 g/mol. The molecule has 0 aliphatic heterocycles. The topological polar surface area (TPSA) is 29.3 Å². The average Bonchev–Trinajstić information content (AvgIpc) is 3.02. The van der Waals surface area contributed by atoms with Gasteiger partial charge in [0.1, 0.15) is 0 Å². The van der Waals surface area contributed by atoms with Crippen molar-refractivity contribution in [3.63, 3.8) is 0 Å². The van der Waals surface area contributed by atoms with E-state index in [0.29, 0.717) is 11.6 Å². The number of hydrogen-bond acceptors (Lipinski definition) is 2. The van der Waals surface area contributed by atoms with Crippen LogP contribution in [-0.2, 0) is 0 Å². The van der Waals surface area contributed by atoms with E-state index in [1.807, 2.05) is 0 Å². The van der Waals surface area contributed by atoms with Gasteiger partial charge in [0.15, 0.2) is 0 Å². The molecule has 100 valence electrons. The first kappa shape index (κ1) is 13.4. The van der Waals surface area contributed by atoms with Crippen molar-refractivity contribution in [2.75, 3.05) is 13.1 Å². The van der Waals surface area contributed by atoms with E-state index in [1.165, 1.54) is 51.4 Å². The highest BCUT2D eigenvalue weighted by molar-refractivity contribution is 5.04. The van der Waals surface area contributed by atoms with Crippen LogP contribution in [0.25, 0.3) is 0 Å². The van der Waals surface area contributed by atoms with Gasteiger partial charge in [-0.15, -0.1) is 0 Å². The molecule has 0 aromatic carbocycles. The van der Waals surface area contributed by atoms with Crippen LogP contribution in [-0.4, -0.2) is 29.6 Å². The van der Waals surface area contributed by atoms with E-state index in [1.54, 1.807) is 0 Å².